The summed E-state index contributed by atoms with van der Waals surface area (Å²) in [6.07, 6.45) is 1.42. The fourth-order valence-electron chi connectivity index (χ4n) is 3.94. The smallest absolute Gasteiger partial charge is 0.368 e. The van der Waals surface area contributed by atoms with Crippen LogP contribution in [0.15, 0.2) is 30.6 Å². The quantitative estimate of drug-likeness (QED) is 0.677. The zero-order valence-electron chi connectivity index (χ0n) is 16.7. The molecule has 3 aromatic heterocycles. The lowest BCUT2D eigenvalue weighted by molar-refractivity contribution is -0.140. The van der Waals surface area contributed by atoms with Crippen molar-refractivity contribution in [3.63, 3.8) is 0 Å². The summed E-state index contributed by atoms with van der Waals surface area (Å²) in [5.41, 5.74) is 0.607. The molecule has 160 valence electrons. The number of halogens is 3. The standard InChI is InChI=1S/C20H23F3N6O/c1-12-15(10-28(2)27-12)19(30)25-14-8-6-13(7-9-14)24-17-4-3-5-18-26-16(11-29(17)18)20(21,22)23/h3-5,10-11,13-14,24H,6-9H2,1-2H3,(H,25,30)/t13-,14+. The van der Waals surface area contributed by atoms with Crippen molar-refractivity contribution in [3.05, 3.63) is 47.5 Å². The van der Waals surface area contributed by atoms with Gasteiger partial charge in [-0.25, -0.2) is 4.98 Å². The monoisotopic (exact) mass is 420 g/mol. The molecule has 3 heterocycles. The number of aryl methyl sites for hydroxylation is 2. The van der Waals surface area contributed by atoms with Crippen LogP contribution in [0.1, 0.15) is 47.4 Å². The van der Waals surface area contributed by atoms with Crippen molar-refractivity contribution >= 4 is 17.4 Å². The van der Waals surface area contributed by atoms with E-state index < -0.39 is 11.9 Å². The predicted molar refractivity (Wildman–Crippen MR) is 105 cm³/mol. The van der Waals surface area contributed by atoms with Gasteiger partial charge in [-0.3, -0.25) is 13.9 Å². The van der Waals surface area contributed by atoms with E-state index >= 15 is 0 Å². The first kappa shape index (κ1) is 20.2. The van der Waals surface area contributed by atoms with Gasteiger partial charge in [-0.05, 0) is 44.7 Å². The molecule has 2 N–H and O–H groups in total. The second-order valence-corrected chi connectivity index (χ2v) is 7.73. The van der Waals surface area contributed by atoms with Gasteiger partial charge >= 0.3 is 6.18 Å². The number of hydrogen-bond donors (Lipinski definition) is 2. The van der Waals surface area contributed by atoms with Crippen molar-refractivity contribution in [3.8, 4) is 0 Å². The molecule has 1 aliphatic rings. The summed E-state index contributed by atoms with van der Waals surface area (Å²) in [4.78, 5) is 16.1. The number of hydrogen-bond acceptors (Lipinski definition) is 4. The number of nitrogens with zero attached hydrogens (tertiary/aromatic N) is 4. The molecule has 0 aromatic carbocycles. The molecule has 3 aromatic rings. The van der Waals surface area contributed by atoms with Gasteiger partial charge in [0.05, 0.1) is 11.3 Å². The van der Waals surface area contributed by atoms with Crippen molar-refractivity contribution in [2.75, 3.05) is 5.32 Å². The van der Waals surface area contributed by atoms with Gasteiger partial charge < -0.3 is 10.6 Å². The number of amides is 1. The number of fused-ring (bicyclic) bond motifs is 1. The summed E-state index contributed by atoms with van der Waals surface area (Å²) in [6.45, 7) is 1.80. The summed E-state index contributed by atoms with van der Waals surface area (Å²) in [5, 5.41) is 10.6. The fraction of sp³-hybridized carbons (Fsp3) is 0.450. The molecule has 0 aliphatic heterocycles. The summed E-state index contributed by atoms with van der Waals surface area (Å²) >= 11 is 0. The molecular formula is C20H23F3N6O. The van der Waals surface area contributed by atoms with Crippen LogP contribution >= 0.6 is 0 Å². The van der Waals surface area contributed by atoms with Gasteiger partial charge in [0.1, 0.15) is 11.5 Å². The van der Waals surface area contributed by atoms with Crippen LogP contribution in [0.3, 0.4) is 0 Å². The van der Waals surface area contributed by atoms with E-state index in [0.29, 0.717) is 17.1 Å². The van der Waals surface area contributed by atoms with Crippen LogP contribution < -0.4 is 10.6 Å². The van der Waals surface area contributed by atoms with Crippen LogP contribution in [0.5, 0.6) is 0 Å². The molecule has 1 aliphatic carbocycles. The average Bonchev–Trinajstić information content (AvgIpc) is 3.27. The molecule has 10 heteroatoms. The first-order chi connectivity index (χ1) is 14.2. The second-order valence-electron chi connectivity index (χ2n) is 7.73. The molecule has 30 heavy (non-hydrogen) atoms. The summed E-state index contributed by atoms with van der Waals surface area (Å²) in [7, 11) is 1.78. The van der Waals surface area contributed by atoms with Crippen LogP contribution in [0.4, 0.5) is 19.0 Å². The number of carbonyl (C=O) groups is 1. The molecule has 1 amide bonds. The van der Waals surface area contributed by atoms with Crippen molar-refractivity contribution in [1.82, 2.24) is 24.5 Å². The molecule has 0 saturated heterocycles. The normalized spacial score (nSPS) is 19.8. The number of pyridine rings is 1. The molecule has 1 fully saturated rings. The van der Waals surface area contributed by atoms with Gasteiger partial charge in [-0.15, -0.1) is 0 Å². The van der Waals surface area contributed by atoms with Crippen molar-refractivity contribution in [1.29, 1.82) is 0 Å². The molecule has 0 unspecified atom stereocenters. The molecule has 0 bridgehead atoms. The largest absolute Gasteiger partial charge is 0.434 e. The average molecular weight is 420 g/mol. The Morgan fingerprint density at radius 2 is 1.83 bits per heavy atom. The van der Waals surface area contributed by atoms with Crippen LogP contribution in [0, 0.1) is 6.92 Å². The summed E-state index contributed by atoms with van der Waals surface area (Å²) in [5.74, 6) is 0.453. The highest BCUT2D eigenvalue weighted by Gasteiger charge is 2.34. The minimum Gasteiger partial charge on any atom is -0.368 e. The number of nitrogens with one attached hydrogen (secondary N) is 2. The van der Waals surface area contributed by atoms with Gasteiger partial charge in [-0.1, -0.05) is 6.07 Å². The minimum atomic E-state index is -4.48. The zero-order chi connectivity index (χ0) is 21.5. The third-order valence-electron chi connectivity index (χ3n) is 5.46. The first-order valence-electron chi connectivity index (χ1n) is 9.83. The predicted octanol–water partition coefficient (Wildman–Crippen LogP) is 3.55. The molecule has 0 radical (unpaired) electrons. The van der Waals surface area contributed by atoms with Gasteiger partial charge in [-0.2, -0.15) is 18.3 Å². The topological polar surface area (TPSA) is 76.2 Å². The van der Waals surface area contributed by atoms with E-state index in [1.54, 1.807) is 43.0 Å². The molecule has 0 atom stereocenters. The van der Waals surface area contributed by atoms with E-state index in [2.05, 4.69) is 20.7 Å². The van der Waals surface area contributed by atoms with Crippen LogP contribution in [0.2, 0.25) is 0 Å². The number of imidazole rings is 1. The lowest BCUT2D eigenvalue weighted by Crippen LogP contribution is -2.40. The maximum absolute atomic E-state index is 13.0. The number of alkyl halides is 3. The zero-order valence-corrected chi connectivity index (χ0v) is 16.7. The van der Waals surface area contributed by atoms with Gasteiger partial charge in [0.15, 0.2) is 5.69 Å². The van der Waals surface area contributed by atoms with Crippen LogP contribution in [0.25, 0.3) is 5.65 Å². The van der Waals surface area contributed by atoms with Crippen molar-refractivity contribution in [2.45, 2.75) is 50.9 Å². The molecule has 0 spiro atoms. The highest BCUT2D eigenvalue weighted by atomic mass is 19.4. The van der Waals surface area contributed by atoms with E-state index in [4.69, 9.17) is 0 Å². The Balaban J connectivity index is 1.38. The first-order valence-corrected chi connectivity index (χ1v) is 9.83. The summed E-state index contributed by atoms with van der Waals surface area (Å²) < 4.78 is 42.0. The highest BCUT2D eigenvalue weighted by molar-refractivity contribution is 5.95. The van der Waals surface area contributed by atoms with E-state index in [1.807, 2.05) is 0 Å². The highest BCUT2D eigenvalue weighted by Crippen LogP contribution is 2.30. The van der Waals surface area contributed by atoms with Gasteiger partial charge in [0.2, 0.25) is 0 Å². The Kier molecular flexibility index (Phi) is 5.17. The summed E-state index contributed by atoms with van der Waals surface area (Å²) in [6, 6.07) is 5.16. The third kappa shape index (κ3) is 4.12. The van der Waals surface area contributed by atoms with E-state index in [0.717, 1.165) is 31.9 Å². The van der Waals surface area contributed by atoms with Crippen LogP contribution in [-0.4, -0.2) is 37.2 Å². The lowest BCUT2D eigenvalue weighted by atomic mass is 9.91. The van der Waals surface area contributed by atoms with E-state index in [9.17, 15) is 18.0 Å². The number of carbonyl (C=O) groups excluding carboxylic acids is 1. The Morgan fingerprint density at radius 3 is 2.47 bits per heavy atom. The van der Waals surface area contributed by atoms with Crippen molar-refractivity contribution in [2.24, 2.45) is 7.05 Å². The lowest BCUT2D eigenvalue weighted by Gasteiger charge is -2.30. The van der Waals surface area contributed by atoms with Gasteiger partial charge in [0, 0.05) is 31.5 Å². The third-order valence-corrected chi connectivity index (χ3v) is 5.46. The number of anilines is 1. The molecular weight excluding hydrogens is 397 g/mol. The SMILES string of the molecule is Cc1nn(C)cc1C(=O)N[C@H]1CC[C@@H](Nc2cccc3nc(C(F)(F)F)cn23)CC1. The Bertz CT molecular complexity index is 1060. The Hall–Kier alpha value is -3.04. The van der Waals surface area contributed by atoms with Crippen LogP contribution in [-0.2, 0) is 13.2 Å². The van der Waals surface area contributed by atoms with Crippen molar-refractivity contribution < 1.29 is 18.0 Å². The minimum absolute atomic E-state index is 0.0658. The number of aromatic nitrogens is 4. The maximum atomic E-state index is 13.0. The van der Waals surface area contributed by atoms with E-state index in [1.165, 1.54) is 4.40 Å². The maximum Gasteiger partial charge on any atom is 0.434 e. The Morgan fingerprint density at radius 1 is 1.13 bits per heavy atom. The Labute approximate surface area is 171 Å². The number of rotatable bonds is 4. The second kappa shape index (κ2) is 7.66. The van der Waals surface area contributed by atoms with Gasteiger partial charge in [0.25, 0.3) is 5.91 Å². The molecule has 4 rings (SSSR count). The molecule has 1 saturated carbocycles. The molecule has 7 nitrogen and oxygen atoms in total. The van der Waals surface area contributed by atoms with E-state index in [-0.39, 0.29) is 23.6 Å². The fourth-order valence-corrected chi connectivity index (χ4v) is 3.94.